The third-order valence-electron chi connectivity index (χ3n) is 3.69. The van der Waals surface area contributed by atoms with E-state index in [-0.39, 0.29) is 5.82 Å². The summed E-state index contributed by atoms with van der Waals surface area (Å²) in [7, 11) is 4.72. The summed E-state index contributed by atoms with van der Waals surface area (Å²) >= 11 is 6.10. The van der Waals surface area contributed by atoms with E-state index in [4.69, 9.17) is 25.8 Å². The van der Waals surface area contributed by atoms with E-state index in [9.17, 15) is 4.39 Å². The molecular formula is C18H21ClFNO3. The average Bonchev–Trinajstić information content (AvgIpc) is 2.60. The van der Waals surface area contributed by atoms with E-state index in [0.29, 0.717) is 29.6 Å². The predicted molar refractivity (Wildman–Crippen MR) is 92.9 cm³/mol. The van der Waals surface area contributed by atoms with Gasteiger partial charge >= 0.3 is 0 Å². The van der Waals surface area contributed by atoms with Gasteiger partial charge in [0.2, 0.25) is 0 Å². The molecule has 0 spiro atoms. The van der Waals surface area contributed by atoms with Crippen molar-refractivity contribution in [2.45, 2.75) is 13.0 Å². The first-order valence-corrected chi connectivity index (χ1v) is 7.90. The van der Waals surface area contributed by atoms with Crippen LogP contribution in [0.25, 0.3) is 0 Å². The highest BCUT2D eigenvalue weighted by atomic mass is 35.5. The van der Waals surface area contributed by atoms with Crippen LogP contribution in [0.3, 0.4) is 0 Å². The smallest absolute Gasteiger partial charge is 0.137 e. The van der Waals surface area contributed by atoms with Crippen LogP contribution >= 0.6 is 11.6 Å². The molecule has 0 saturated carbocycles. The van der Waals surface area contributed by atoms with Gasteiger partial charge in [-0.1, -0.05) is 17.7 Å². The lowest BCUT2D eigenvalue weighted by Gasteiger charge is -2.13. The van der Waals surface area contributed by atoms with Crippen molar-refractivity contribution in [3.63, 3.8) is 0 Å². The predicted octanol–water partition coefficient (Wildman–Crippen LogP) is 3.84. The van der Waals surface area contributed by atoms with Crippen LogP contribution < -0.4 is 19.5 Å². The maximum Gasteiger partial charge on any atom is 0.137 e. The van der Waals surface area contributed by atoms with Crippen LogP contribution in [0.5, 0.6) is 17.2 Å². The molecule has 0 atom stereocenters. The van der Waals surface area contributed by atoms with Crippen molar-refractivity contribution in [1.82, 2.24) is 5.32 Å². The van der Waals surface area contributed by atoms with E-state index >= 15 is 0 Å². The molecule has 4 nitrogen and oxygen atoms in total. The number of ether oxygens (including phenoxy) is 3. The molecule has 2 aromatic rings. The summed E-state index contributed by atoms with van der Waals surface area (Å²) in [5, 5.41) is 3.83. The quantitative estimate of drug-likeness (QED) is 0.733. The SMILES string of the molecule is COc1cc(CCNCc2ccc([18F])cc2OC)c(OC)cc1Cl. The average molecular weight is 353 g/mol. The fourth-order valence-corrected chi connectivity index (χ4v) is 2.66. The summed E-state index contributed by atoms with van der Waals surface area (Å²) in [5.41, 5.74) is 1.90. The Morgan fingerprint density at radius 2 is 1.58 bits per heavy atom. The van der Waals surface area contributed by atoms with Crippen LogP contribution in [0.4, 0.5) is 4.39 Å². The van der Waals surface area contributed by atoms with Crippen LogP contribution in [0, 0.1) is 5.82 Å². The normalized spacial score (nSPS) is 10.5. The number of hydrogen-bond donors (Lipinski definition) is 1. The van der Waals surface area contributed by atoms with Gasteiger partial charge in [-0.25, -0.2) is 4.39 Å². The van der Waals surface area contributed by atoms with Crippen LogP contribution in [0.2, 0.25) is 5.02 Å². The molecule has 0 fully saturated rings. The van der Waals surface area contributed by atoms with Crippen molar-refractivity contribution in [1.29, 1.82) is 0 Å². The number of rotatable bonds is 8. The molecule has 0 radical (unpaired) electrons. The molecule has 0 aliphatic rings. The minimum absolute atomic E-state index is 0.311. The van der Waals surface area contributed by atoms with Gasteiger partial charge in [-0.2, -0.15) is 0 Å². The van der Waals surface area contributed by atoms with Gasteiger partial charge in [0.1, 0.15) is 23.1 Å². The van der Waals surface area contributed by atoms with Crippen molar-refractivity contribution in [2.24, 2.45) is 0 Å². The Hall–Kier alpha value is -1.98. The fraction of sp³-hybridized carbons (Fsp3) is 0.333. The number of benzene rings is 2. The highest BCUT2D eigenvalue weighted by Gasteiger charge is 2.10. The summed E-state index contributed by atoms with van der Waals surface area (Å²) in [6.45, 7) is 1.29. The third-order valence-corrected chi connectivity index (χ3v) is 3.99. The van der Waals surface area contributed by atoms with Crippen LogP contribution in [0.15, 0.2) is 30.3 Å². The first kappa shape index (κ1) is 18.4. The van der Waals surface area contributed by atoms with E-state index in [0.717, 1.165) is 23.3 Å². The van der Waals surface area contributed by atoms with Gasteiger partial charge in [-0.05, 0) is 30.7 Å². The monoisotopic (exact) mass is 352 g/mol. The highest BCUT2D eigenvalue weighted by Crippen LogP contribution is 2.32. The van der Waals surface area contributed by atoms with Crippen molar-refractivity contribution >= 4 is 11.6 Å². The van der Waals surface area contributed by atoms with Gasteiger partial charge in [-0.15, -0.1) is 0 Å². The lowest BCUT2D eigenvalue weighted by molar-refractivity contribution is 0.398. The van der Waals surface area contributed by atoms with E-state index in [1.807, 2.05) is 6.07 Å². The van der Waals surface area contributed by atoms with Crippen molar-refractivity contribution in [3.8, 4) is 17.2 Å². The zero-order chi connectivity index (χ0) is 17.5. The second kappa shape index (κ2) is 8.76. The molecule has 0 heterocycles. The molecule has 0 aliphatic heterocycles. The maximum atomic E-state index is 13.2. The number of hydrogen-bond acceptors (Lipinski definition) is 4. The number of methoxy groups -OCH3 is 3. The number of nitrogens with one attached hydrogen (secondary N) is 1. The molecule has 2 aromatic carbocycles. The zero-order valence-electron chi connectivity index (χ0n) is 14.0. The molecule has 0 saturated heterocycles. The molecule has 6 heteroatoms. The van der Waals surface area contributed by atoms with Gasteiger partial charge in [0.05, 0.1) is 26.4 Å². The maximum absolute atomic E-state index is 13.2. The van der Waals surface area contributed by atoms with Gasteiger partial charge in [-0.3, -0.25) is 0 Å². The summed E-state index contributed by atoms with van der Waals surface area (Å²) in [6.07, 6.45) is 0.736. The zero-order valence-corrected chi connectivity index (χ0v) is 14.7. The van der Waals surface area contributed by atoms with Crippen LogP contribution in [0.1, 0.15) is 11.1 Å². The second-order valence-corrected chi connectivity index (χ2v) is 5.59. The molecule has 0 amide bonds. The van der Waals surface area contributed by atoms with Crippen molar-refractivity contribution in [3.05, 3.63) is 52.3 Å². The molecule has 0 aromatic heterocycles. The van der Waals surface area contributed by atoms with E-state index in [2.05, 4.69) is 5.32 Å². The van der Waals surface area contributed by atoms with Gasteiger partial charge in [0.15, 0.2) is 0 Å². The Morgan fingerprint density at radius 3 is 2.25 bits per heavy atom. The molecule has 24 heavy (non-hydrogen) atoms. The van der Waals surface area contributed by atoms with E-state index in [1.54, 1.807) is 26.4 Å². The minimum atomic E-state index is -0.311. The molecule has 0 aliphatic carbocycles. The van der Waals surface area contributed by atoms with Gasteiger partial charge in [0, 0.05) is 24.2 Å². The van der Waals surface area contributed by atoms with Gasteiger partial charge in [0.25, 0.3) is 0 Å². The Morgan fingerprint density at radius 1 is 0.917 bits per heavy atom. The Labute approximate surface area is 146 Å². The fourth-order valence-electron chi connectivity index (χ4n) is 2.43. The molecule has 0 unspecified atom stereocenters. The first-order chi connectivity index (χ1) is 11.6. The Balaban J connectivity index is 1.97. The lowest BCUT2D eigenvalue weighted by atomic mass is 10.1. The minimum Gasteiger partial charge on any atom is -0.496 e. The summed E-state index contributed by atoms with van der Waals surface area (Å²) in [4.78, 5) is 0. The van der Waals surface area contributed by atoms with Crippen molar-refractivity contribution in [2.75, 3.05) is 27.9 Å². The largest absolute Gasteiger partial charge is 0.496 e. The lowest BCUT2D eigenvalue weighted by Crippen LogP contribution is -2.17. The molecule has 130 valence electrons. The summed E-state index contributed by atoms with van der Waals surface area (Å²) in [5.74, 6) is 1.57. The van der Waals surface area contributed by atoms with Crippen LogP contribution in [-0.2, 0) is 13.0 Å². The topological polar surface area (TPSA) is 39.7 Å². The molecule has 1 N–H and O–H groups in total. The van der Waals surface area contributed by atoms with Crippen molar-refractivity contribution < 1.29 is 18.6 Å². The highest BCUT2D eigenvalue weighted by molar-refractivity contribution is 6.32. The second-order valence-electron chi connectivity index (χ2n) is 5.18. The van der Waals surface area contributed by atoms with E-state index in [1.165, 1.54) is 19.2 Å². The number of halogens is 2. The Kier molecular flexibility index (Phi) is 6.70. The van der Waals surface area contributed by atoms with Gasteiger partial charge < -0.3 is 19.5 Å². The molecular weight excluding hydrogens is 332 g/mol. The standard InChI is InChI=1S/C18H21ClFNO3/c1-22-16-9-14(20)5-4-13(16)11-21-7-6-12-8-18(24-3)15(19)10-17(12)23-2/h4-5,8-10,21H,6-7,11H2,1-3H3/i20-1. The Bertz CT molecular complexity index is 694. The van der Waals surface area contributed by atoms with E-state index < -0.39 is 0 Å². The molecule has 2 rings (SSSR count). The molecule has 0 bridgehead atoms. The summed E-state index contributed by atoms with van der Waals surface area (Å²) < 4.78 is 29.0. The first-order valence-electron chi connectivity index (χ1n) is 7.52. The third kappa shape index (κ3) is 4.52. The summed E-state index contributed by atoms with van der Waals surface area (Å²) in [6, 6.07) is 8.14. The van der Waals surface area contributed by atoms with Crippen LogP contribution in [-0.4, -0.2) is 27.9 Å².